The molecule has 1 fully saturated rings. The molecular formula is C17H24ClN3O6S. The van der Waals surface area contributed by atoms with Crippen LogP contribution in [0.5, 0.6) is 5.75 Å². The number of halogens is 1. The number of aliphatic hydroxyl groups is 2. The smallest absolute Gasteiger partial charge is 0.245 e. The second-order valence-corrected chi connectivity index (χ2v) is 8.70. The number of nitrogens with zero attached hydrogens (tertiary/aromatic N) is 2. The Bertz CT molecular complexity index is 860. The first kappa shape index (κ1) is 22.6. The van der Waals surface area contributed by atoms with Crippen LogP contribution in [0.2, 0.25) is 0 Å². The molecule has 0 spiro atoms. The average molecular weight is 434 g/mol. The first-order chi connectivity index (χ1) is 12.7. The standard InChI is InChI=1S/C17H23N3O6S.ClH/c1-11-16(12(2)26-20-11)27(23,24)19-9-17(6-14(21)15(22)7-17)10-25-13-4-3-5-18-8-13;/h3-5,8,14-15,19,21-22H,6-7,9-10H2,1-2H3;1H/t14-,15+,17?;. The van der Waals surface area contributed by atoms with Crippen LogP contribution in [0.25, 0.3) is 0 Å². The number of aromatic nitrogens is 2. The number of hydrogen-bond acceptors (Lipinski definition) is 8. The Balaban J connectivity index is 0.00000280. The minimum Gasteiger partial charge on any atom is -0.491 e. The van der Waals surface area contributed by atoms with E-state index >= 15 is 0 Å². The van der Waals surface area contributed by atoms with Crippen LogP contribution in [0.4, 0.5) is 0 Å². The largest absolute Gasteiger partial charge is 0.491 e. The second kappa shape index (κ2) is 8.75. The Hall–Kier alpha value is -1.72. The maximum atomic E-state index is 12.7. The van der Waals surface area contributed by atoms with Crippen molar-refractivity contribution in [1.29, 1.82) is 0 Å². The van der Waals surface area contributed by atoms with E-state index in [2.05, 4.69) is 14.9 Å². The molecule has 2 aromatic rings. The highest BCUT2D eigenvalue weighted by Gasteiger charge is 2.45. The van der Waals surface area contributed by atoms with Gasteiger partial charge < -0.3 is 19.5 Å². The quantitative estimate of drug-likeness (QED) is 0.587. The first-order valence-corrected chi connectivity index (χ1v) is 10.0. The van der Waals surface area contributed by atoms with Crippen LogP contribution in [0.3, 0.4) is 0 Å². The van der Waals surface area contributed by atoms with Crippen molar-refractivity contribution in [3.63, 3.8) is 0 Å². The van der Waals surface area contributed by atoms with Crippen LogP contribution in [-0.4, -0.2) is 54.1 Å². The molecule has 0 saturated heterocycles. The minimum atomic E-state index is -3.86. The number of sulfonamides is 1. The molecule has 2 aromatic heterocycles. The van der Waals surface area contributed by atoms with E-state index in [0.717, 1.165) is 0 Å². The summed E-state index contributed by atoms with van der Waals surface area (Å²) in [6, 6.07) is 3.46. The van der Waals surface area contributed by atoms with Crippen molar-refractivity contribution in [2.45, 2.75) is 43.8 Å². The maximum Gasteiger partial charge on any atom is 0.245 e. The Morgan fingerprint density at radius 3 is 2.54 bits per heavy atom. The zero-order valence-corrected chi connectivity index (χ0v) is 17.2. The maximum absolute atomic E-state index is 12.7. The van der Waals surface area contributed by atoms with Gasteiger partial charge in [0.1, 0.15) is 16.3 Å². The SMILES string of the molecule is Cc1noc(C)c1S(=O)(=O)NCC1(COc2cccnc2)C[C@@H](O)[C@@H](O)C1.Cl. The van der Waals surface area contributed by atoms with Crippen molar-refractivity contribution in [3.05, 3.63) is 36.0 Å². The molecule has 2 heterocycles. The Morgan fingerprint density at radius 2 is 2.00 bits per heavy atom. The minimum absolute atomic E-state index is 0. The lowest BCUT2D eigenvalue weighted by Gasteiger charge is -2.29. The third kappa shape index (κ3) is 4.81. The van der Waals surface area contributed by atoms with E-state index in [9.17, 15) is 18.6 Å². The highest BCUT2D eigenvalue weighted by atomic mass is 35.5. The van der Waals surface area contributed by atoms with Gasteiger partial charge in [0.05, 0.1) is 25.0 Å². The molecule has 1 aliphatic rings. The summed E-state index contributed by atoms with van der Waals surface area (Å²) in [5.41, 5.74) is -0.493. The molecule has 11 heteroatoms. The molecule has 1 saturated carbocycles. The molecular weight excluding hydrogens is 410 g/mol. The normalized spacial score (nSPS) is 24.7. The van der Waals surface area contributed by atoms with E-state index in [0.29, 0.717) is 5.75 Å². The lowest BCUT2D eigenvalue weighted by Crippen LogP contribution is -2.40. The third-order valence-corrected chi connectivity index (χ3v) is 6.43. The van der Waals surface area contributed by atoms with Gasteiger partial charge in [-0.2, -0.15) is 0 Å². The monoisotopic (exact) mass is 433 g/mol. The molecule has 3 atom stereocenters. The summed E-state index contributed by atoms with van der Waals surface area (Å²) in [6.07, 6.45) is 1.70. The zero-order valence-electron chi connectivity index (χ0n) is 15.5. The topological polar surface area (TPSA) is 135 Å². The molecule has 9 nitrogen and oxygen atoms in total. The summed E-state index contributed by atoms with van der Waals surface area (Å²) >= 11 is 0. The fraction of sp³-hybridized carbons (Fsp3) is 0.529. The van der Waals surface area contributed by atoms with Crippen molar-refractivity contribution < 1.29 is 27.9 Å². The molecule has 0 aliphatic heterocycles. The van der Waals surface area contributed by atoms with Crippen molar-refractivity contribution >= 4 is 22.4 Å². The lowest BCUT2D eigenvalue weighted by atomic mass is 9.87. The van der Waals surface area contributed by atoms with Crippen molar-refractivity contribution in [2.75, 3.05) is 13.2 Å². The number of ether oxygens (including phenoxy) is 1. The predicted octanol–water partition coefficient (Wildman–Crippen LogP) is 0.968. The summed E-state index contributed by atoms with van der Waals surface area (Å²) in [4.78, 5) is 3.97. The summed E-state index contributed by atoms with van der Waals surface area (Å²) in [5.74, 6) is 0.730. The van der Waals surface area contributed by atoms with Crippen LogP contribution < -0.4 is 9.46 Å². The first-order valence-electron chi connectivity index (χ1n) is 8.54. The number of nitrogens with one attached hydrogen (secondary N) is 1. The molecule has 156 valence electrons. The van der Waals surface area contributed by atoms with Crippen LogP contribution in [0, 0.1) is 19.3 Å². The van der Waals surface area contributed by atoms with E-state index in [1.54, 1.807) is 31.5 Å². The fourth-order valence-corrected chi connectivity index (χ4v) is 4.89. The second-order valence-electron chi connectivity index (χ2n) is 7.00. The summed E-state index contributed by atoms with van der Waals surface area (Å²) in [6.45, 7) is 3.19. The van der Waals surface area contributed by atoms with Gasteiger partial charge in [-0.25, -0.2) is 13.1 Å². The number of hydrogen-bond donors (Lipinski definition) is 3. The van der Waals surface area contributed by atoms with Gasteiger partial charge in [0, 0.05) is 18.2 Å². The third-order valence-electron chi connectivity index (χ3n) is 4.78. The molecule has 28 heavy (non-hydrogen) atoms. The van der Waals surface area contributed by atoms with Gasteiger partial charge in [-0.05, 0) is 38.8 Å². The molecule has 1 aliphatic carbocycles. The van der Waals surface area contributed by atoms with E-state index in [4.69, 9.17) is 9.26 Å². The number of rotatable bonds is 7. The summed E-state index contributed by atoms with van der Waals surface area (Å²) in [5, 5.41) is 23.7. The molecule has 0 bridgehead atoms. The van der Waals surface area contributed by atoms with Gasteiger partial charge in [0.2, 0.25) is 10.0 Å². The predicted molar refractivity (Wildman–Crippen MR) is 102 cm³/mol. The molecule has 0 radical (unpaired) electrons. The molecule has 3 rings (SSSR count). The Kier molecular flexibility index (Phi) is 7.05. The van der Waals surface area contributed by atoms with Crippen LogP contribution in [0.15, 0.2) is 33.9 Å². The van der Waals surface area contributed by atoms with E-state index < -0.39 is 27.6 Å². The fourth-order valence-electron chi connectivity index (χ4n) is 3.40. The Labute approximate surface area is 169 Å². The summed E-state index contributed by atoms with van der Waals surface area (Å²) < 4.78 is 38.6. The van der Waals surface area contributed by atoms with Crippen LogP contribution in [-0.2, 0) is 10.0 Å². The van der Waals surface area contributed by atoms with Gasteiger partial charge in [0.15, 0.2) is 5.76 Å². The zero-order chi connectivity index (χ0) is 19.7. The number of aliphatic hydroxyl groups excluding tert-OH is 2. The van der Waals surface area contributed by atoms with E-state index in [1.807, 2.05) is 0 Å². The van der Waals surface area contributed by atoms with Crippen molar-refractivity contribution in [2.24, 2.45) is 5.41 Å². The summed E-state index contributed by atoms with van der Waals surface area (Å²) in [7, 11) is -3.86. The van der Waals surface area contributed by atoms with E-state index in [-0.39, 0.29) is 54.7 Å². The van der Waals surface area contributed by atoms with Gasteiger partial charge in [-0.15, -0.1) is 12.4 Å². The highest BCUT2D eigenvalue weighted by Crippen LogP contribution is 2.39. The van der Waals surface area contributed by atoms with Crippen molar-refractivity contribution in [3.8, 4) is 5.75 Å². The van der Waals surface area contributed by atoms with Crippen LogP contribution >= 0.6 is 12.4 Å². The van der Waals surface area contributed by atoms with Gasteiger partial charge >= 0.3 is 0 Å². The van der Waals surface area contributed by atoms with Gasteiger partial charge in [-0.3, -0.25) is 4.98 Å². The van der Waals surface area contributed by atoms with Crippen molar-refractivity contribution in [1.82, 2.24) is 14.9 Å². The molecule has 3 N–H and O–H groups in total. The van der Waals surface area contributed by atoms with Gasteiger partial charge in [-0.1, -0.05) is 5.16 Å². The van der Waals surface area contributed by atoms with E-state index in [1.165, 1.54) is 6.92 Å². The van der Waals surface area contributed by atoms with Crippen LogP contribution in [0.1, 0.15) is 24.3 Å². The highest BCUT2D eigenvalue weighted by molar-refractivity contribution is 7.89. The molecule has 1 unspecified atom stereocenters. The lowest BCUT2D eigenvalue weighted by molar-refractivity contribution is 0.0438. The number of aryl methyl sites for hydroxylation is 2. The number of pyridine rings is 1. The van der Waals surface area contributed by atoms with Gasteiger partial charge in [0.25, 0.3) is 0 Å². The molecule has 0 amide bonds. The average Bonchev–Trinajstić information content (AvgIpc) is 3.12. The Morgan fingerprint density at radius 1 is 1.32 bits per heavy atom. The molecule has 0 aromatic carbocycles.